The quantitative estimate of drug-likeness (QED) is 0.269. The maximum Gasteiger partial charge on any atom is 0.191 e. The second-order valence-corrected chi connectivity index (χ2v) is 4.81. The molecule has 1 rings (SSSR count). The van der Waals surface area contributed by atoms with Gasteiger partial charge in [-0.3, -0.25) is 0 Å². The zero-order valence-corrected chi connectivity index (χ0v) is 10.2. The van der Waals surface area contributed by atoms with E-state index in [4.69, 9.17) is 10.9 Å². The Morgan fingerprint density at radius 1 is 1.50 bits per heavy atom. The lowest BCUT2D eigenvalue weighted by Gasteiger charge is -2.06. The number of nitrogens with zero attached hydrogens (tertiary/aromatic N) is 3. The van der Waals surface area contributed by atoms with Crippen molar-refractivity contribution in [2.75, 3.05) is 5.75 Å². The molecule has 88 valence electrons. The van der Waals surface area contributed by atoms with Gasteiger partial charge >= 0.3 is 0 Å². The highest BCUT2D eigenvalue weighted by Crippen LogP contribution is 2.20. The molecule has 0 radical (unpaired) electrons. The van der Waals surface area contributed by atoms with Crippen LogP contribution in [0.3, 0.4) is 0 Å². The third-order valence-electron chi connectivity index (χ3n) is 1.95. The Morgan fingerprint density at radius 3 is 2.81 bits per heavy atom. The standard InChI is InChI=1S/C10H16N4OS/c1-7(2)3-6-16-10-8(9(11)14-15)12-4-5-13-10/h4-5,7,15H,3,6H2,1-2H3,(H2,11,14). The molecule has 0 spiro atoms. The van der Waals surface area contributed by atoms with Crippen LogP contribution in [0.1, 0.15) is 26.0 Å². The van der Waals surface area contributed by atoms with Gasteiger partial charge in [-0.15, -0.1) is 11.8 Å². The van der Waals surface area contributed by atoms with Crippen molar-refractivity contribution >= 4 is 17.6 Å². The Bertz CT molecular complexity index is 368. The van der Waals surface area contributed by atoms with E-state index in [2.05, 4.69) is 29.0 Å². The number of thioether (sulfide) groups is 1. The number of oxime groups is 1. The summed E-state index contributed by atoms with van der Waals surface area (Å²) in [5, 5.41) is 12.3. The molecule has 0 bridgehead atoms. The van der Waals surface area contributed by atoms with Crippen molar-refractivity contribution in [2.24, 2.45) is 16.8 Å². The van der Waals surface area contributed by atoms with Crippen molar-refractivity contribution in [3.05, 3.63) is 18.1 Å². The molecule has 0 saturated heterocycles. The molecule has 0 atom stereocenters. The highest BCUT2D eigenvalue weighted by molar-refractivity contribution is 7.99. The molecule has 3 N–H and O–H groups in total. The van der Waals surface area contributed by atoms with Crippen LogP contribution in [0.25, 0.3) is 0 Å². The van der Waals surface area contributed by atoms with Crippen molar-refractivity contribution < 1.29 is 5.21 Å². The van der Waals surface area contributed by atoms with Gasteiger partial charge in [0.1, 0.15) is 10.7 Å². The van der Waals surface area contributed by atoms with E-state index in [0.717, 1.165) is 12.2 Å². The molecule has 0 aliphatic heterocycles. The van der Waals surface area contributed by atoms with Crippen LogP contribution in [-0.2, 0) is 0 Å². The molecular weight excluding hydrogens is 224 g/mol. The minimum atomic E-state index is 0.000136. The van der Waals surface area contributed by atoms with Gasteiger partial charge in [0.25, 0.3) is 0 Å². The van der Waals surface area contributed by atoms with Gasteiger partial charge in [-0.2, -0.15) is 0 Å². The Labute approximate surface area is 99.2 Å². The Kier molecular flexibility index (Phi) is 5.04. The number of rotatable bonds is 5. The van der Waals surface area contributed by atoms with E-state index in [0.29, 0.717) is 16.6 Å². The van der Waals surface area contributed by atoms with Crippen molar-refractivity contribution in [3.8, 4) is 0 Å². The van der Waals surface area contributed by atoms with Crippen molar-refractivity contribution in [1.82, 2.24) is 9.97 Å². The van der Waals surface area contributed by atoms with Crippen LogP contribution in [0.2, 0.25) is 0 Å². The first-order chi connectivity index (χ1) is 7.65. The van der Waals surface area contributed by atoms with Crippen molar-refractivity contribution in [1.29, 1.82) is 0 Å². The summed E-state index contributed by atoms with van der Waals surface area (Å²) < 4.78 is 0. The topological polar surface area (TPSA) is 84.4 Å². The van der Waals surface area contributed by atoms with E-state index in [1.165, 1.54) is 6.20 Å². The zero-order chi connectivity index (χ0) is 12.0. The molecular formula is C10H16N4OS. The van der Waals surface area contributed by atoms with Gasteiger partial charge in [0.2, 0.25) is 0 Å². The van der Waals surface area contributed by atoms with Gasteiger partial charge in [-0.1, -0.05) is 19.0 Å². The predicted octanol–water partition coefficient (Wildman–Crippen LogP) is 1.71. The van der Waals surface area contributed by atoms with Gasteiger partial charge in [0.05, 0.1) is 0 Å². The molecule has 0 fully saturated rings. The zero-order valence-electron chi connectivity index (χ0n) is 9.42. The van der Waals surface area contributed by atoms with Gasteiger partial charge < -0.3 is 10.9 Å². The van der Waals surface area contributed by atoms with E-state index in [-0.39, 0.29) is 5.84 Å². The van der Waals surface area contributed by atoms with Gasteiger partial charge in [0, 0.05) is 12.4 Å². The first kappa shape index (κ1) is 12.8. The lowest BCUT2D eigenvalue weighted by molar-refractivity contribution is 0.318. The number of aromatic nitrogens is 2. The second-order valence-electron chi connectivity index (χ2n) is 3.73. The molecule has 0 saturated carbocycles. The summed E-state index contributed by atoms with van der Waals surface area (Å²) in [6, 6.07) is 0. The summed E-state index contributed by atoms with van der Waals surface area (Å²) in [7, 11) is 0. The smallest absolute Gasteiger partial charge is 0.191 e. The summed E-state index contributed by atoms with van der Waals surface area (Å²) in [5.74, 6) is 1.60. The second kappa shape index (κ2) is 6.32. The minimum Gasteiger partial charge on any atom is -0.409 e. The molecule has 5 nitrogen and oxygen atoms in total. The lowest BCUT2D eigenvalue weighted by Crippen LogP contribution is -2.16. The summed E-state index contributed by atoms with van der Waals surface area (Å²) in [4.78, 5) is 8.22. The number of amidine groups is 1. The van der Waals surface area contributed by atoms with Crippen LogP contribution in [0.4, 0.5) is 0 Å². The van der Waals surface area contributed by atoms with Crippen LogP contribution in [-0.4, -0.2) is 26.8 Å². The maximum absolute atomic E-state index is 8.61. The molecule has 6 heteroatoms. The monoisotopic (exact) mass is 240 g/mol. The highest BCUT2D eigenvalue weighted by Gasteiger charge is 2.10. The van der Waals surface area contributed by atoms with Gasteiger partial charge in [-0.25, -0.2) is 9.97 Å². The van der Waals surface area contributed by atoms with Crippen LogP contribution >= 0.6 is 11.8 Å². The van der Waals surface area contributed by atoms with Gasteiger partial charge in [-0.05, 0) is 18.1 Å². The average Bonchev–Trinajstić information content (AvgIpc) is 2.28. The molecule has 0 aliphatic rings. The summed E-state index contributed by atoms with van der Waals surface area (Å²) >= 11 is 1.57. The molecule has 0 amide bonds. The summed E-state index contributed by atoms with van der Waals surface area (Å²) in [6.45, 7) is 4.34. The maximum atomic E-state index is 8.61. The molecule has 0 aromatic carbocycles. The first-order valence-corrected chi connectivity index (χ1v) is 6.05. The Hall–Kier alpha value is -1.30. The van der Waals surface area contributed by atoms with Crippen molar-refractivity contribution in [3.63, 3.8) is 0 Å². The molecule has 0 unspecified atom stereocenters. The number of nitrogens with two attached hydrogens (primary N) is 1. The van der Waals surface area contributed by atoms with E-state index in [1.807, 2.05) is 0 Å². The molecule has 1 heterocycles. The fourth-order valence-corrected chi connectivity index (χ4v) is 2.26. The summed E-state index contributed by atoms with van der Waals surface area (Å²) in [6.07, 6.45) is 4.22. The third-order valence-corrected chi connectivity index (χ3v) is 2.96. The average molecular weight is 240 g/mol. The number of hydrogen-bond acceptors (Lipinski definition) is 5. The van der Waals surface area contributed by atoms with E-state index in [9.17, 15) is 0 Å². The Morgan fingerprint density at radius 2 is 2.19 bits per heavy atom. The molecule has 16 heavy (non-hydrogen) atoms. The lowest BCUT2D eigenvalue weighted by atomic mass is 10.2. The molecule has 0 aliphatic carbocycles. The summed E-state index contributed by atoms with van der Waals surface area (Å²) in [5.41, 5.74) is 5.95. The SMILES string of the molecule is CC(C)CCSc1nccnc1C(N)=NO. The number of hydrogen-bond donors (Lipinski definition) is 2. The van der Waals surface area contributed by atoms with E-state index < -0.39 is 0 Å². The van der Waals surface area contributed by atoms with Crippen LogP contribution in [0.15, 0.2) is 22.6 Å². The van der Waals surface area contributed by atoms with Crippen LogP contribution in [0.5, 0.6) is 0 Å². The largest absolute Gasteiger partial charge is 0.409 e. The molecule has 1 aromatic rings. The predicted molar refractivity (Wildman–Crippen MR) is 64.7 cm³/mol. The van der Waals surface area contributed by atoms with Gasteiger partial charge in [0.15, 0.2) is 5.84 Å². The fraction of sp³-hybridized carbons (Fsp3) is 0.500. The van der Waals surface area contributed by atoms with E-state index >= 15 is 0 Å². The van der Waals surface area contributed by atoms with E-state index in [1.54, 1.807) is 18.0 Å². The normalized spacial score (nSPS) is 12.1. The van der Waals surface area contributed by atoms with Crippen LogP contribution in [0, 0.1) is 5.92 Å². The third kappa shape index (κ3) is 3.69. The van der Waals surface area contributed by atoms with Crippen molar-refractivity contribution in [2.45, 2.75) is 25.3 Å². The first-order valence-electron chi connectivity index (χ1n) is 5.06. The fourth-order valence-electron chi connectivity index (χ4n) is 1.05. The minimum absolute atomic E-state index is 0.000136. The van der Waals surface area contributed by atoms with Crippen LogP contribution < -0.4 is 5.73 Å². The highest BCUT2D eigenvalue weighted by atomic mass is 32.2. The Balaban J connectivity index is 2.72. The molecule has 1 aromatic heterocycles.